The van der Waals surface area contributed by atoms with Crippen LogP contribution in [0.25, 0.3) is 0 Å². The molecule has 0 bridgehead atoms. The monoisotopic (exact) mass is 230 g/mol. The Morgan fingerprint density at radius 3 is 2.43 bits per heavy atom. The predicted octanol–water partition coefficient (Wildman–Crippen LogP) is 1.05. The van der Waals surface area contributed by atoms with E-state index in [2.05, 4.69) is 0 Å². The quantitative estimate of drug-likeness (QED) is 0.785. The van der Waals surface area contributed by atoms with Crippen molar-refractivity contribution in [1.82, 2.24) is 4.90 Å². The summed E-state index contributed by atoms with van der Waals surface area (Å²) in [6, 6.07) is -0.240. The Balaban J connectivity index is 3.97. The fourth-order valence-corrected chi connectivity index (χ4v) is 1.14. The molecule has 0 aliphatic carbocycles. The maximum atomic E-state index is 11.7. The molecule has 0 aromatic rings. The highest BCUT2D eigenvalue weighted by molar-refractivity contribution is 8.00. The zero-order valence-corrected chi connectivity index (χ0v) is 8.78. The molecule has 0 heterocycles. The first-order chi connectivity index (χ1) is 6.28. The zero-order chi connectivity index (χ0) is 11.4. The van der Waals surface area contributed by atoms with E-state index in [1.54, 1.807) is 6.92 Å². The third-order valence-electron chi connectivity index (χ3n) is 1.75. The van der Waals surface area contributed by atoms with Gasteiger partial charge in [-0.2, -0.15) is 13.2 Å². The van der Waals surface area contributed by atoms with E-state index in [1.165, 1.54) is 11.9 Å². The van der Waals surface area contributed by atoms with E-state index in [-0.39, 0.29) is 24.3 Å². The van der Waals surface area contributed by atoms with Gasteiger partial charge in [0.25, 0.3) is 0 Å². The topological polar surface area (TPSA) is 46.3 Å². The van der Waals surface area contributed by atoms with Crippen molar-refractivity contribution in [3.05, 3.63) is 0 Å². The van der Waals surface area contributed by atoms with Crippen molar-refractivity contribution in [2.75, 3.05) is 19.3 Å². The standard InChI is InChI=1S/C7H13F3N2OS/c1-5(3-11)12(2)6(13)4-14-7(8,9)10/h5H,3-4,11H2,1-2H3. The lowest BCUT2D eigenvalue weighted by atomic mass is 10.3. The Kier molecular flexibility index (Phi) is 5.28. The summed E-state index contributed by atoms with van der Waals surface area (Å²) in [7, 11) is 1.44. The fraction of sp³-hybridized carbons (Fsp3) is 0.857. The van der Waals surface area contributed by atoms with Gasteiger partial charge in [0, 0.05) is 19.6 Å². The van der Waals surface area contributed by atoms with Gasteiger partial charge in [0.2, 0.25) is 5.91 Å². The van der Waals surface area contributed by atoms with Crippen LogP contribution in [0.5, 0.6) is 0 Å². The molecule has 0 rings (SSSR count). The van der Waals surface area contributed by atoms with Crippen LogP contribution in [0.1, 0.15) is 6.92 Å². The van der Waals surface area contributed by atoms with Gasteiger partial charge in [-0.25, -0.2) is 0 Å². The first-order valence-corrected chi connectivity index (χ1v) is 4.93. The number of nitrogens with zero attached hydrogens (tertiary/aromatic N) is 1. The minimum Gasteiger partial charge on any atom is -0.341 e. The number of hydrogen-bond donors (Lipinski definition) is 1. The van der Waals surface area contributed by atoms with Gasteiger partial charge in [0.1, 0.15) is 0 Å². The van der Waals surface area contributed by atoms with Crippen LogP contribution in [0.3, 0.4) is 0 Å². The highest BCUT2D eigenvalue weighted by Gasteiger charge is 2.30. The van der Waals surface area contributed by atoms with E-state index < -0.39 is 17.2 Å². The number of hydrogen-bond acceptors (Lipinski definition) is 3. The Bertz CT molecular complexity index is 198. The SMILES string of the molecule is CC(CN)N(C)C(=O)CSC(F)(F)F. The first kappa shape index (κ1) is 13.6. The van der Waals surface area contributed by atoms with Crippen LogP contribution >= 0.6 is 11.8 Å². The van der Waals surface area contributed by atoms with Crippen LogP contribution in [0.2, 0.25) is 0 Å². The fourth-order valence-electron chi connectivity index (χ4n) is 0.649. The summed E-state index contributed by atoms with van der Waals surface area (Å²) < 4.78 is 35.2. The van der Waals surface area contributed by atoms with Crippen molar-refractivity contribution in [3.63, 3.8) is 0 Å². The predicted molar refractivity (Wildman–Crippen MR) is 49.8 cm³/mol. The number of rotatable bonds is 4. The van der Waals surface area contributed by atoms with Crippen molar-refractivity contribution in [2.45, 2.75) is 18.5 Å². The second-order valence-corrected chi connectivity index (χ2v) is 3.86. The van der Waals surface area contributed by atoms with E-state index in [0.29, 0.717) is 0 Å². The Morgan fingerprint density at radius 2 is 2.07 bits per heavy atom. The van der Waals surface area contributed by atoms with Crippen LogP contribution in [-0.4, -0.2) is 41.7 Å². The number of amides is 1. The molecule has 0 aromatic heterocycles. The highest BCUT2D eigenvalue weighted by Crippen LogP contribution is 2.30. The van der Waals surface area contributed by atoms with Gasteiger partial charge in [-0.1, -0.05) is 0 Å². The summed E-state index contributed by atoms with van der Waals surface area (Å²) in [5, 5.41) is 0. The number of halogens is 3. The van der Waals surface area contributed by atoms with Crippen LogP contribution < -0.4 is 5.73 Å². The molecular formula is C7H13F3N2OS. The van der Waals surface area contributed by atoms with Crippen molar-refractivity contribution in [2.24, 2.45) is 5.73 Å². The van der Waals surface area contributed by atoms with Crippen molar-refractivity contribution in [1.29, 1.82) is 0 Å². The lowest BCUT2D eigenvalue weighted by Crippen LogP contribution is -2.40. The largest absolute Gasteiger partial charge is 0.442 e. The Morgan fingerprint density at radius 1 is 1.57 bits per heavy atom. The molecule has 0 aromatic carbocycles. The number of likely N-dealkylation sites (N-methyl/N-ethyl adjacent to an activating group) is 1. The molecule has 1 unspecified atom stereocenters. The molecule has 0 radical (unpaired) electrons. The third-order valence-corrected chi connectivity index (χ3v) is 2.47. The van der Waals surface area contributed by atoms with Crippen LogP contribution in [0, 0.1) is 0 Å². The van der Waals surface area contributed by atoms with E-state index in [4.69, 9.17) is 5.73 Å². The van der Waals surface area contributed by atoms with Gasteiger partial charge >= 0.3 is 5.51 Å². The number of thioether (sulfide) groups is 1. The van der Waals surface area contributed by atoms with Gasteiger partial charge in [0.05, 0.1) is 5.75 Å². The second kappa shape index (κ2) is 5.45. The van der Waals surface area contributed by atoms with E-state index in [0.717, 1.165) is 0 Å². The maximum Gasteiger partial charge on any atom is 0.442 e. The zero-order valence-electron chi connectivity index (χ0n) is 7.97. The number of nitrogens with two attached hydrogens (primary N) is 1. The lowest BCUT2D eigenvalue weighted by Gasteiger charge is -2.23. The third kappa shape index (κ3) is 5.33. The minimum absolute atomic E-state index is 0.235. The number of carbonyl (C=O) groups excluding carboxylic acids is 1. The number of alkyl halides is 3. The minimum atomic E-state index is -4.36. The van der Waals surface area contributed by atoms with Gasteiger partial charge in [0.15, 0.2) is 0 Å². The summed E-state index contributed by atoms with van der Waals surface area (Å²) in [6.07, 6.45) is 0. The van der Waals surface area contributed by atoms with E-state index >= 15 is 0 Å². The molecule has 0 spiro atoms. The summed E-state index contributed by atoms with van der Waals surface area (Å²) in [5.74, 6) is -1.16. The molecule has 7 heteroatoms. The average Bonchev–Trinajstić information content (AvgIpc) is 2.10. The van der Waals surface area contributed by atoms with Gasteiger partial charge in [-0.3, -0.25) is 4.79 Å². The normalized spacial score (nSPS) is 13.9. The number of carbonyl (C=O) groups is 1. The molecular weight excluding hydrogens is 217 g/mol. The highest BCUT2D eigenvalue weighted by atomic mass is 32.2. The van der Waals surface area contributed by atoms with Crippen LogP contribution in [-0.2, 0) is 4.79 Å². The molecule has 0 saturated carbocycles. The van der Waals surface area contributed by atoms with Crippen LogP contribution in [0.4, 0.5) is 13.2 Å². The smallest absolute Gasteiger partial charge is 0.341 e. The molecule has 1 amide bonds. The second-order valence-electron chi connectivity index (χ2n) is 2.82. The molecule has 1 atom stereocenters. The Hall–Kier alpha value is -0.430. The van der Waals surface area contributed by atoms with Gasteiger partial charge in [-0.05, 0) is 18.7 Å². The molecule has 2 N–H and O–H groups in total. The van der Waals surface area contributed by atoms with Crippen molar-refractivity contribution >= 4 is 17.7 Å². The molecule has 0 saturated heterocycles. The van der Waals surface area contributed by atoms with E-state index in [9.17, 15) is 18.0 Å². The average molecular weight is 230 g/mol. The molecule has 84 valence electrons. The lowest BCUT2D eigenvalue weighted by molar-refractivity contribution is -0.128. The van der Waals surface area contributed by atoms with E-state index in [1.807, 2.05) is 0 Å². The molecule has 3 nitrogen and oxygen atoms in total. The van der Waals surface area contributed by atoms with Crippen LogP contribution in [0.15, 0.2) is 0 Å². The first-order valence-electron chi connectivity index (χ1n) is 3.94. The maximum absolute atomic E-state index is 11.7. The van der Waals surface area contributed by atoms with Gasteiger partial charge in [-0.15, -0.1) is 0 Å². The van der Waals surface area contributed by atoms with Crippen molar-refractivity contribution < 1.29 is 18.0 Å². The Labute approximate surface area is 84.8 Å². The molecule has 0 aliphatic rings. The molecule has 14 heavy (non-hydrogen) atoms. The summed E-state index contributed by atoms with van der Waals surface area (Å²) in [4.78, 5) is 12.4. The summed E-state index contributed by atoms with van der Waals surface area (Å²) in [6.45, 7) is 1.91. The van der Waals surface area contributed by atoms with Crippen molar-refractivity contribution in [3.8, 4) is 0 Å². The summed E-state index contributed by atoms with van der Waals surface area (Å²) >= 11 is -0.334. The van der Waals surface area contributed by atoms with Gasteiger partial charge < -0.3 is 10.6 Å². The molecule has 0 fully saturated rings. The molecule has 0 aliphatic heterocycles. The summed E-state index contributed by atoms with van der Waals surface area (Å²) in [5.41, 5.74) is 0.911.